The summed E-state index contributed by atoms with van der Waals surface area (Å²) in [6, 6.07) is 4.43. The third-order valence-corrected chi connectivity index (χ3v) is 3.47. The van der Waals surface area contributed by atoms with E-state index in [1.54, 1.807) is 6.07 Å². The number of phenols is 1. The van der Waals surface area contributed by atoms with Crippen LogP contribution in [-0.2, 0) is 4.74 Å². The summed E-state index contributed by atoms with van der Waals surface area (Å²) in [4.78, 5) is 11.7. The Labute approximate surface area is 129 Å². The Morgan fingerprint density at radius 2 is 2.00 bits per heavy atom. The molecular formula is C16H23FN2O3. The van der Waals surface area contributed by atoms with E-state index in [1.807, 2.05) is 20.8 Å². The lowest BCUT2D eigenvalue weighted by molar-refractivity contribution is 0.0505. The van der Waals surface area contributed by atoms with Crippen LogP contribution in [0.3, 0.4) is 0 Å². The van der Waals surface area contributed by atoms with Gasteiger partial charge in [0.15, 0.2) is 11.6 Å². The lowest BCUT2D eigenvalue weighted by Crippen LogP contribution is -2.38. The van der Waals surface area contributed by atoms with Crippen molar-refractivity contribution in [2.45, 2.75) is 57.7 Å². The fraction of sp³-hybridized carbons (Fsp3) is 0.562. The maximum atomic E-state index is 13.3. The Kier molecular flexibility index (Phi) is 4.78. The van der Waals surface area contributed by atoms with Crippen molar-refractivity contribution in [3.8, 4) is 5.75 Å². The third-order valence-electron chi connectivity index (χ3n) is 3.47. The van der Waals surface area contributed by atoms with Crippen LogP contribution in [0.25, 0.3) is 0 Å². The van der Waals surface area contributed by atoms with Gasteiger partial charge in [-0.3, -0.25) is 0 Å². The van der Waals surface area contributed by atoms with E-state index in [0.29, 0.717) is 5.69 Å². The molecule has 122 valence electrons. The van der Waals surface area contributed by atoms with E-state index in [0.717, 1.165) is 19.3 Å². The highest BCUT2D eigenvalue weighted by Crippen LogP contribution is 2.25. The Hall–Kier alpha value is -1.98. The maximum Gasteiger partial charge on any atom is 0.407 e. The minimum absolute atomic E-state index is 0.0503. The van der Waals surface area contributed by atoms with Crippen LogP contribution >= 0.6 is 0 Å². The summed E-state index contributed by atoms with van der Waals surface area (Å²) in [6.45, 7) is 5.47. The van der Waals surface area contributed by atoms with Gasteiger partial charge in [-0.2, -0.15) is 0 Å². The van der Waals surface area contributed by atoms with E-state index in [-0.39, 0.29) is 17.8 Å². The molecule has 0 spiro atoms. The number of benzene rings is 1. The first kappa shape index (κ1) is 16.4. The molecule has 5 nitrogen and oxygen atoms in total. The number of anilines is 1. The molecule has 6 heteroatoms. The van der Waals surface area contributed by atoms with Crippen LogP contribution in [0.5, 0.6) is 5.75 Å². The SMILES string of the molecule is CC(C)(C)OC(=O)NC1CCC(Nc2ccc(O)c(F)c2)C1. The van der Waals surface area contributed by atoms with Gasteiger partial charge in [-0.25, -0.2) is 9.18 Å². The molecule has 3 N–H and O–H groups in total. The van der Waals surface area contributed by atoms with Crippen LogP contribution in [0.4, 0.5) is 14.9 Å². The van der Waals surface area contributed by atoms with Gasteiger partial charge in [0.1, 0.15) is 5.60 Å². The summed E-state index contributed by atoms with van der Waals surface area (Å²) in [5.74, 6) is -1.01. The first-order valence-electron chi connectivity index (χ1n) is 7.47. The van der Waals surface area contributed by atoms with Gasteiger partial charge in [-0.05, 0) is 52.2 Å². The lowest BCUT2D eigenvalue weighted by Gasteiger charge is -2.22. The van der Waals surface area contributed by atoms with E-state index in [1.165, 1.54) is 12.1 Å². The smallest absolute Gasteiger partial charge is 0.407 e. The van der Waals surface area contributed by atoms with Gasteiger partial charge in [0, 0.05) is 23.8 Å². The van der Waals surface area contributed by atoms with Gasteiger partial charge >= 0.3 is 6.09 Å². The molecule has 1 amide bonds. The molecule has 1 aliphatic carbocycles. The van der Waals surface area contributed by atoms with Crippen molar-refractivity contribution in [2.24, 2.45) is 0 Å². The van der Waals surface area contributed by atoms with Crippen LogP contribution in [-0.4, -0.2) is 28.9 Å². The summed E-state index contributed by atoms with van der Waals surface area (Å²) >= 11 is 0. The second-order valence-corrected chi connectivity index (χ2v) is 6.66. The second kappa shape index (κ2) is 6.42. The minimum Gasteiger partial charge on any atom is -0.505 e. The number of hydrogen-bond donors (Lipinski definition) is 3. The normalized spacial score (nSPS) is 21.5. The molecular weight excluding hydrogens is 287 g/mol. The third kappa shape index (κ3) is 4.79. The number of nitrogens with one attached hydrogen (secondary N) is 2. The summed E-state index contributed by atoms with van der Waals surface area (Å²) in [7, 11) is 0. The highest BCUT2D eigenvalue weighted by Gasteiger charge is 2.27. The first-order chi connectivity index (χ1) is 10.2. The molecule has 0 heterocycles. The first-order valence-corrected chi connectivity index (χ1v) is 7.47. The number of alkyl carbamates (subject to hydrolysis) is 1. The average Bonchev–Trinajstić information content (AvgIpc) is 2.78. The number of aromatic hydroxyl groups is 1. The average molecular weight is 310 g/mol. The number of ether oxygens (including phenoxy) is 1. The Balaban J connectivity index is 1.82. The predicted octanol–water partition coefficient (Wildman–Crippen LogP) is 3.39. The number of rotatable bonds is 3. The monoisotopic (exact) mass is 310 g/mol. The van der Waals surface area contributed by atoms with Crippen LogP contribution in [0, 0.1) is 5.82 Å². The van der Waals surface area contributed by atoms with E-state index in [9.17, 15) is 14.3 Å². The van der Waals surface area contributed by atoms with E-state index in [4.69, 9.17) is 4.74 Å². The lowest BCUT2D eigenvalue weighted by atomic mass is 10.2. The Morgan fingerprint density at radius 1 is 1.32 bits per heavy atom. The number of hydrogen-bond acceptors (Lipinski definition) is 4. The molecule has 0 aromatic heterocycles. The molecule has 2 unspecified atom stereocenters. The van der Waals surface area contributed by atoms with E-state index < -0.39 is 17.5 Å². The number of carbonyl (C=O) groups is 1. The number of amides is 1. The van der Waals surface area contributed by atoms with Gasteiger partial charge in [-0.1, -0.05) is 0 Å². The highest BCUT2D eigenvalue weighted by atomic mass is 19.1. The van der Waals surface area contributed by atoms with Crippen LogP contribution < -0.4 is 10.6 Å². The zero-order valence-electron chi connectivity index (χ0n) is 13.1. The van der Waals surface area contributed by atoms with Crippen molar-refractivity contribution in [1.29, 1.82) is 0 Å². The molecule has 2 atom stereocenters. The maximum absolute atomic E-state index is 13.3. The molecule has 0 bridgehead atoms. The standard InChI is InChI=1S/C16H23FN2O3/c1-16(2,3)22-15(21)19-11-5-4-10(8-11)18-12-6-7-14(20)13(17)9-12/h6-7,9-11,18,20H,4-5,8H2,1-3H3,(H,19,21). The van der Waals surface area contributed by atoms with Crippen molar-refractivity contribution >= 4 is 11.8 Å². The van der Waals surface area contributed by atoms with E-state index >= 15 is 0 Å². The molecule has 2 rings (SSSR count). The zero-order chi connectivity index (χ0) is 16.3. The van der Waals surface area contributed by atoms with Crippen molar-refractivity contribution in [3.63, 3.8) is 0 Å². The summed E-state index contributed by atoms with van der Waals surface area (Å²) < 4.78 is 18.5. The number of halogens is 1. The summed E-state index contributed by atoms with van der Waals surface area (Å²) in [5, 5.41) is 15.2. The fourth-order valence-corrected chi connectivity index (χ4v) is 2.55. The molecule has 1 aromatic rings. The molecule has 1 fully saturated rings. The van der Waals surface area contributed by atoms with Crippen LogP contribution in [0.2, 0.25) is 0 Å². The van der Waals surface area contributed by atoms with Crippen molar-refractivity contribution in [1.82, 2.24) is 5.32 Å². The quantitative estimate of drug-likeness (QED) is 0.748. The summed E-state index contributed by atoms with van der Waals surface area (Å²) in [5.41, 5.74) is 0.113. The van der Waals surface area contributed by atoms with Crippen molar-refractivity contribution in [3.05, 3.63) is 24.0 Å². The fourth-order valence-electron chi connectivity index (χ4n) is 2.55. The van der Waals surface area contributed by atoms with Crippen LogP contribution in [0.1, 0.15) is 40.0 Å². The zero-order valence-corrected chi connectivity index (χ0v) is 13.1. The second-order valence-electron chi connectivity index (χ2n) is 6.66. The molecule has 0 aliphatic heterocycles. The van der Waals surface area contributed by atoms with E-state index in [2.05, 4.69) is 10.6 Å². The minimum atomic E-state index is -0.647. The van der Waals surface area contributed by atoms with Gasteiger partial charge in [0.2, 0.25) is 0 Å². The van der Waals surface area contributed by atoms with Crippen LogP contribution in [0.15, 0.2) is 18.2 Å². The predicted molar refractivity (Wildman–Crippen MR) is 82.5 cm³/mol. The molecule has 1 saturated carbocycles. The van der Waals surface area contributed by atoms with Crippen molar-refractivity contribution < 1.29 is 19.0 Å². The largest absolute Gasteiger partial charge is 0.505 e. The number of carbonyl (C=O) groups excluding carboxylic acids is 1. The Morgan fingerprint density at radius 3 is 2.64 bits per heavy atom. The topological polar surface area (TPSA) is 70.6 Å². The van der Waals surface area contributed by atoms with Crippen molar-refractivity contribution in [2.75, 3.05) is 5.32 Å². The Bertz CT molecular complexity index is 543. The van der Waals surface area contributed by atoms with Gasteiger partial charge in [0.25, 0.3) is 0 Å². The number of phenolic OH excluding ortho intramolecular Hbond substituents is 1. The van der Waals surface area contributed by atoms with Gasteiger partial charge in [-0.15, -0.1) is 0 Å². The molecule has 1 aliphatic rings. The highest BCUT2D eigenvalue weighted by molar-refractivity contribution is 5.68. The van der Waals surface area contributed by atoms with Gasteiger partial charge < -0.3 is 20.5 Å². The van der Waals surface area contributed by atoms with Gasteiger partial charge in [0.05, 0.1) is 0 Å². The summed E-state index contributed by atoms with van der Waals surface area (Å²) in [6.07, 6.45) is 2.07. The molecule has 0 saturated heterocycles. The molecule has 1 aromatic carbocycles. The molecule has 0 radical (unpaired) electrons. The molecule has 22 heavy (non-hydrogen) atoms.